The molecule has 0 rings (SSSR count). The predicted molar refractivity (Wildman–Crippen MR) is 45.7 cm³/mol. The van der Waals surface area contributed by atoms with Gasteiger partial charge >= 0.3 is 0 Å². The summed E-state index contributed by atoms with van der Waals surface area (Å²) in [7, 11) is 0. The van der Waals surface area contributed by atoms with Crippen molar-refractivity contribution in [2.75, 3.05) is 0 Å². The summed E-state index contributed by atoms with van der Waals surface area (Å²) in [5, 5.41) is 0. The van der Waals surface area contributed by atoms with Crippen LogP contribution in [-0.2, 0) is 0 Å². The molecule has 0 bridgehead atoms. The highest BCUT2D eigenvalue weighted by molar-refractivity contribution is 9.11. The summed E-state index contributed by atoms with van der Waals surface area (Å²) >= 11 is 3.30. The molecule has 0 amide bonds. The molecule has 0 saturated carbocycles. The molecule has 9 heavy (non-hydrogen) atoms. The van der Waals surface area contributed by atoms with Crippen LogP contribution in [-0.4, -0.2) is 0 Å². The van der Waals surface area contributed by atoms with Gasteiger partial charge in [-0.25, -0.2) is 0 Å². The van der Waals surface area contributed by atoms with Crippen molar-refractivity contribution in [1.29, 1.82) is 0 Å². The zero-order chi connectivity index (χ0) is 7.49. The summed E-state index contributed by atoms with van der Waals surface area (Å²) in [5.74, 6) is 0. The van der Waals surface area contributed by atoms with Crippen LogP contribution in [0.3, 0.4) is 0 Å². The molecule has 0 unspecified atom stereocenters. The molecule has 0 atom stereocenters. The summed E-state index contributed by atoms with van der Waals surface area (Å²) in [4.78, 5) is 0. The van der Waals surface area contributed by atoms with E-state index < -0.39 is 0 Å². The lowest BCUT2D eigenvalue weighted by atomic mass is 9.97. The van der Waals surface area contributed by atoms with Crippen LogP contribution in [0.1, 0.15) is 27.7 Å². The molecule has 0 aromatic heterocycles. The van der Waals surface area contributed by atoms with Crippen molar-refractivity contribution in [3.05, 3.63) is 16.3 Å². The zero-order valence-electron chi connectivity index (χ0n) is 6.46. The predicted octanol–water partition coefficient (Wildman–Crippen LogP) is 3.49. The van der Waals surface area contributed by atoms with E-state index in [2.05, 4.69) is 48.5 Å². The lowest BCUT2D eigenvalue weighted by Gasteiger charge is -2.08. The van der Waals surface area contributed by atoms with Crippen LogP contribution in [0.4, 0.5) is 0 Å². The van der Waals surface area contributed by atoms with Crippen molar-refractivity contribution in [3.63, 3.8) is 0 Å². The molecule has 0 aliphatic heterocycles. The highest BCUT2D eigenvalue weighted by Crippen LogP contribution is 2.14. The minimum absolute atomic E-state index is 0.245. The van der Waals surface area contributed by atoms with E-state index in [1.54, 1.807) is 0 Å². The monoisotopic (exact) mass is 188 g/mol. The van der Waals surface area contributed by atoms with Gasteiger partial charge in [-0.05, 0) is 34.3 Å². The van der Waals surface area contributed by atoms with Gasteiger partial charge in [0.25, 0.3) is 0 Å². The molecule has 0 radical (unpaired) electrons. The van der Waals surface area contributed by atoms with Crippen LogP contribution in [0.25, 0.3) is 0 Å². The number of allylic oxidation sites excluding steroid dienone is 1. The quantitative estimate of drug-likeness (QED) is 0.511. The van der Waals surface area contributed by atoms with Crippen molar-refractivity contribution >= 4 is 15.9 Å². The van der Waals surface area contributed by atoms with Gasteiger partial charge in [-0.15, -0.1) is 5.73 Å². The molecule has 0 saturated heterocycles. The maximum Gasteiger partial charge on any atom is 0.0334 e. The Kier molecular flexibility index (Phi) is 3.24. The summed E-state index contributed by atoms with van der Waals surface area (Å²) in [6.45, 7) is 8.42. The minimum atomic E-state index is 0.245. The smallest absolute Gasteiger partial charge is 0.0334 e. The first kappa shape index (κ1) is 9.00. The normalized spacial score (nSPS) is 10.3. The molecule has 0 aliphatic carbocycles. The van der Waals surface area contributed by atoms with Gasteiger partial charge in [0.15, 0.2) is 0 Å². The SMILES string of the molecule is CC(Br)=C=CC(C)(C)C. The van der Waals surface area contributed by atoms with Crippen molar-refractivity contribution in [3.8, 4) is 0 Å². The third kappa shape index (κ3) is 8.00. The summed E-state index contributed by atoms with van der Waals surface area (Å²) in [6.07, 6.45) is 2.05. The second-order valence-corrected chi connectivity index (χ2v) is 4.38. The molecule has 0 nitrogen and oxygen atoms in total. The minimum Gasteiger partial charge on any atom is -0.114 e. The standard InChI is InChI=1S/C8H13Br/c1-7(9)5-6-8(2,3)4/h6H,1-4H3. The van der Waals surface area contributed by atoms with Crippen LogP contribution in [0.15, 0.2) is 16.3 Å². The second-order valence-electron chi connectivity index (χ2n) is 3.19. The second kappa shape index (κ2) is 3.24. The van der Waals surface area contributed by atoms with Crippen molar-refractivity contribution in [2.24, 2.45) is 5.41 Å². The summed E-state index contributed by atoms with van der Waals surface area (Å²) in [6, 6.07) is 0. The molecule has 0 aliphatic rings. The molecule has 0 heterocycles. The van der Waals surface area contributed by atoms with Gasteiger partial charge in [-0.1, -0.05) is 20.8 Å². The fourth-order valence-electron chi connectivity index (χ4n) is 0.316. The third-order valence-corrected chi connectivity index (χ3v) is 0.933. The van der Waals surface area contributed by atoms with Gasteiger partial charge in [0, 0.05) is 4.48 Å². The molecule has 0 spiro atoms. The van der Waals surface area contributed by atoms with E-state index >= 15 is 0 Å². The van der Waals surface area contributed by atoms with Crippen molar-refractivity contribution < 1.29 is 0 Å². The lowest BCUT2D eigenvalue weighted by Crippen LogP contribution is -1.97. The Balaban J connectivity index is 4.17. The van der Waals surface area contributed by atoms with Gasteiger partial charge in [-0.2, -0.15) is 0 Å². The van der Waals surface area contributed by atoms with E-state index in [4.69, 9.17) is 0 Å². The number of rotatable bonds is 0. The van der Waals surface area contributed by atoms with Crippen LogP contribution < -0.4 is 0 Å². The summed E-state index contributed by atoms with van der Waals surface area (Å²) in [5.41, 5.74) is 3.34. The number of hydrogen-bond acceptors (Lipinski definition) is 0. The van der Waals surface area contributed by atoms with Crippen LogP contribution in [0.5, 0.6) is 0 Å². The molecular weight excluding hydrogens is 176 g/mol. The fraction of sp³-hybridized carbons (Fsp3) is 0.625. The average molecular weight is 189 g/mol. The van der Waals surface area contributed by atoms with E-state index in [9.17, 15) is 0 Å². The molecule has 0 N–H and O–H groups in total. The molecular formula is C8H13Br. The maximum atomic E-state index is 3.30. The average Bonchev–Trinajstić information content (AvgIpc) is 1.59. The molecule has 1 heteroatoms. The first-order valence-electron chi connectivity index (χ1n) is 3.02. The zero-order valence-corrected chi connectivity index (χ0v) is 8.04. The van der Waals surface area contributed by atoms with Crippen LogP contribution >= 0.6 is 15.9 Å². The Hall–Kier alpha value is -0.0000000000000000278. The van der Waals surface area contributed by atoms with Crippen molar-refractivity contribution in [1.82, 2.24) is 0 Å². The molecule has 0 aromatic rings. The Morgan fingerprint density at radius 1 is 1.44 bits per heavy atom. The first-order chi connectivity index (χ1) is 3.92. The van der Waals surface area contributed by atoms with Crippen molar-refractivity contribution in [2.45, 2.75) is 27.7 Å². The van der Waals surface area contributed by atoms with E-state index in [-0.39, 0.29) is 5.41 Å². The third-order valence-electron chi connectivity index (χ3n) is 0.704. The van der Waals surface area contributed by atoms with E-state index in [1.165, 1.54) is 0 Å². The Morgan fingerprint density at radius 3 is 2.00 bits per heavy atom. The number of halogens is 1. The number of hydrogen-bond donors (Lipinski definition) is 0. The Labute approximate surface area is 65.8 Å². The summed E-state index contributed by atoms with van der Waals surface area (Å²) < 4.78 is 1.05. The fourth-order valence-corrected chi connectivity index (χ4v) is 0.430. The van der Waals surface area contributed by atoms with E-state index in [1.807, 2.05) is 6.92 Å². The van der Waals surface area contributed by atoms with Gasteiger partial charge in [0.1, 0.15) is 0 Å². The molecule has 0 aromatic carbocycles. The largest absolute Gasteiger partial charge is 0.114 e. The lowest BCUT2D eigenvalue weighted by molar-refractivity contribution is 0.545. The topological polar surface area (TPSA) is 0 Å². The van der Waals surface area contributed by atoms with Crippen LogP contribution in [0.2, 0.25) is 0 Å². The maximum absolute atomic E-state index is 3.30. The van der Waals surface area contributed by atoms with E-state index in [0.717, 1.165) is 4.48 Å². The Morgan fingerprint density at radius 2 is 1.89 bits per heavy atom. The van der Waals surface area contributed by atoms with Gasteiger partial charge in [0.05, 0.1) is 0 Å². The van der Waals surface area contributed by atoms with Crippen LogP contribution in [0, 0.1) is 5.41 Å². The van der Waals surface area contributed by atoms with Gasteiger partial charge in [0.2, 0.25) is 0 Å². The molecule has 52 valence electrons. The Bertz CT molecular complexity index is 138. The highest BCUT2D eigenvalue weighted by Gasteiger charge is 2.02. The van der Waals surface area contributed by atoms with Gasteiger partial charge < -0.3 is 0 Å². The van der Waals surface area contributed by atoms with E-state index in [0.29, 0.717) is 0 Å². The first-order valence-corrected chi connectivity index (χ1v) is 3.81. The molecule has 0 fully saturated rings. The van der Waals surface area contributed by atoms with Gasteiger partial charge in [-0.3, -0.25) is 0 Å². The highest BCUT2D eigenvalue weighted by atomic mass is 79.9.